The van der Waals surface area contributed by atoms with Crippen molar-refractivity contribution < 1.29 is 19.4 Å². The van der Waals surface area contributed by atoms with E-state index in [0.717, 1.165) is 36.7 Å². The monoisotopic (exact) mass is 459 g/mol. The van der Waals surface area contributed by atoms with Crippen LogP contribution in [0.1, 0.15) is 65.5 Å². The van der Waals surface area contributed by atoms with Crippen LogP contribution in [0.2, 0.25) is 0 Å². The maximum Gasteiger partial charge on any atom is 0.411 e. The summed E-state index contributed by atoms with van der Waals surface area (Å²) in [6.07, 6.45) is 2.27. The van der Waals surface area contributed by atoms with Crippen molar-refractivity contribution in [3.05, 3.63) is 29.3 Å². The van der Waals surface area contributed by atoms with Crippen LogP contribution in [0.5, 0.6) is 5.75 Å². The number of hydrogen-bond acceptors (Lipinski definition) is 5. The SMILES string of the molecule is CC1CCN(C[C@H](NC(=O)[C@H]2Cc3ccc(O)cc3CN2C(=O)OC(C)(C)C)C(C)C)CC1. The second-order valence-corrected chi connectivity index (χ2v) is 11.1. The number of benzene rings is 1. The second kappa shape index (κ2) is 10.3. The van der Waals surface area contributed by atoms with E-state index in [1.807, 2.05) is 26.8 Å². The van der Waals surface area contributed by atoms with E-state index in [9.17, 15) is 14.7 Å². The van der Waals surface area contributed by atoms with Gasteiger partial charge in [-0.15, -0.1) is 0 Å². The third-order valence-electron chi connectivity index (χ3n) is 6.71. The summed E-state index contributed by atoms with van der Waals surface area (Å²) in [6, 6.07) is 4.49. The molecule has 0 bridgehead atoms. The van der Waals surface area contributed by atoms with Crippen LogP contribution in [0.4, 0.5) is 4.79 Å². The number of ether oxygens (including phenoxy) is 1. The molecule has 184 valence electrons. The highest BCUT2D eigenvalue weighted by Crippen LogP contribution is 2.28. The van der Waals surface area contributed by atoms with Crippen molar-refractivity contribution in [2.75, 3.05) is 19.6 Å². The van der Waals surface area contributed by atoms with E-state index < -0.39 is 17.7 Å². The molecule has 1 aromatic rings. The summed E-state index contributed by atoms with van der Waals surface area (Å²) in [5.41, 5.74) is 1.15. The van der Waals surface area contributed by atoms with Gasteiger partial charge in [-0.05, 0) is 81.8 Å². The number of hydrogen-bond donors (Lipinski definition) is 2. The van der Waals surface area contributed by atoms with E-state index in [0.29, 0.717) is 6.42 Å². The number of phenols is 1. The summed E-state index contributed by atoms with van der Waals surface area (Å²) in [4.78, 5) is 30.5. The van der Waals surface area contributed by atoms with Crippen molar-refractivity contribution in [2.24, 2.45) is 11.8 Å². The Bertz CT molecular complexity index is 840. The van der Waals surface area contributed by atoms with Crippen molar-refractivity contribution in [3.63, 3.8) is 0 Å². The molecular formula is C26H41N3O4. The van der Waals surface area contributed by atoms with Crippen LogP contribution < -0.4 is 5.32 Å². The summed E-state index contributed by atoms with van der Waals surface area (Å²) in [5.74, 6) is 1.04. The number of nitrogens with zero attached hydrogens (tertiary/aromatic N) is 2. The molecule has 2 amide bonds. The van der Waals surface area contributed by atoms with Gasteiger partial charge in [0.2, 0.25) is 5.91 Å². The van der Waals surface area contributed by atoms with Gasteiger partial charge in [0.05, 0.1) is 6.54 Å². The topological polar surface area (TPSA) is 82.1 Å². The third-order valence-corrected chi connectivity index (χ3v) is 6.71. The lowest BCUT2D eigenvalue weighted by atomic mass is 9.92. The molecule has 2 aliphatic heterocycles. The molecule has 0 saturated carbocycles. The van der Waals surface area contributed by atoms with Crippen molar-refractivity contribution in [3.8, 4) is 5.75 Å². The average Bonchev–Trinajstić information content (AvgIpc) is 2.72. The quantitative estimate of drug-likeness (QED) is 0.697. The number of likely N-dealkylation sites (tertiary alicyclic amines) is 1. The van der Waals surface area contributed by atoms with E-state index in [2.05, 4.69) is 31.0 Å². The predicted molar refractivity (Wildman–Crippen MR) is 129 cm³/mol. The third kappa shape index (κ3) is 6.85. The van der Waals surface area contributed by atoms with E-state index in [4.69, 9.17) is 4.74 Å². The molecule has 1 saturated heterocycles. The van der Waals surface area contributed by atoms with Gasteiger partial charge in [0.25, 0.3) is 0 Å². The molecular weight excluding hydrogens is 418 g/mol. The van der Waals surface area contributed by atoms with Crippen molar-refractivity contribution >= 4 is 12.0 Å². The van der Waals surface area contributed by atoms with Crippen LogP contribution in [0.3, 0.4) is 0 Å². The first-order chi connectivity index (χ1) is 15.4. The lowest BCUT2D eigenvalue weighted by Gasteiger charge is -2.39. The van der Waals surface area contributed by atoms with Gasteiger partial charge in [-0.25, -0.2) is 4.79 Å². The maximum absolute atomic E-state index is 13.5. The molecule has 1 aromatic carbocycles. The molecule has 0 radical (unpaired) electrons. The Labute approximate surface area is 198 Å². The lowest BCUT2D eigenvalue weighted by molar-refractivity contribution is -0.128. The Morgan fingerprint density at radius 1 is 1.18 bits per heavy atom. The number of piperidine rings is 1. The van der Waals surface area contributed by atoms with Crippen LogP contribution in [0, 0.1) is 11.8 Å². The highest BCUT2D eigenvalue weighted by Gasteiger charge is 2.38. The number of carbonyl (C=O) groups excluding carboxylic acids is 2. The number of carbonyl (C=O) groups is 2. The smallest absolute Gasteiger partial charge is 0.411 e. The summed E-state index contributed by atoms with van der Waals surface area (Å²) >= 11 is 0. The molecule has 0 spiro atoms. The average molecular weight is 460 g/mol. The van der Waals surface area contributed by atoms with Crippen LogP contribution in [0.25, 0.3) is 0 Å². The molecule has 7 nitrogen and oxygen atoms in total. The van der Waals surface area contributed by atoms with Gasteiger partial charge in [-0.2, -0.15) is 0 Å². The molecule has 33 heavy (non-hydrogen) atoms. The number of nitrogens with one attached hydrogen (secondary N) is 1. The molecule has 0 unspecified atom stereocenters. The van der Waals surface area contributed by atoms with Gasteiger partial charge in [-0.3, -0.25) is 9.69 Å². The molecule has 2 N–H and O–H groups in total. The van der Waals surface area contributed by atoms with Gasteiger partial charge in [0.15, 0.2) is 0 Å². The van der Waals surface area contributed by atoms with E-state index in [1.165, 1.54) is 17.7 Å². The first-order valence-corrected chi connectivity index (χ1v) is 12.3. The van der Waals surface area contributed by atoms with Crippen LogP contribution in [-0.2, 0) is 22.5 Å². The Kier molecular flexibility index (Phi) is 7.93. The van der Waals surface area contributed by atoms with Gasteiger partial charge in [0, 0.05) is 19.0 Å². The fourth-order valence-corrected chi connectivity index (χ4v) is 4.54. The summed E-state index contributed by atoms with van der Waals surface area (Å²) < 4.78 is 5.62. The van der Waals surface area contributed by atoms with Crippen molar-refractivity contribution in [2.45, 2.75) is 85.0 Å². The van der Waals surface area contributed by atoms with Gasteiger partial charge < -0.3 is 20.1 Å². The second-order valence-electron chi connectivity index (χ2n) is 11.1. The number of phenolic OH excluding ortho intramolecular Hbond substituents is 1. The fraction of sp³-hybridized carbons (Fsp3) is 0.692. The number of rotatable bonds is 5. The first kappa shape index (κ1) is 25.3. The molecule has 2 atom stereocenters. The largest absolute Gasteiger partial charge is 0.508 e. The Morgan fingerprint density at radius 2 is 1.85 bits per heavy atom. The minimum Gasteiger partial charge on any atom is -0.508 e. The zero-order chi connectivity index (χ0) is 24.3. The molecule has 0 aliphatic carbocycles. The number of amides is 2. The predicted octanol–water partition coefficient (Wildman–Crippen LogP) is 3.93. The minimum absolute atomic E-state index is 0.00704. The molecule has 7 heteroatoms. The summed E-state index contributed by atoms with van der Waals surface area (Å²) in [6.45, 7) is 15.2. The van der Waals surface area contributed by atoms with Crippen LogP contribution in [0.15, 0.2) is 18.2 Å². The van der Waals surface area contributed by atoms with Gasteiger partial charge in [-0.1, -0.05) is 26.8 Å². The van der Waals surface area contributed by atoms with E-state index >= 15 is 0 Å². The normalized spacial score (nSPS) is 20.9. The Balaban J connectivity index is 1.77. The van der Waals surface area contributed by atoms with Gasteiger partial charge >= 0.3 is 6.09 Å². The highest BCUT2D eigenvalue weighted by atomic mass is 16.6. The zero-order valence-electron chi connectivity index (χ0n) is 21.1. The number of fused-ring (bicyclic) bond motifs is 1. The first-order valence-electron chi connectivity index (χ1n) is 12.3. The van der Waals surface area contributed by atoms with Crippen LogP contribution >= 0.6 is 0 Å². The summed E-state index contributed by atoms with van der Waals surface area (Å²) in [7, 11) is 0. The highest BCUT2D eigenvalue weighted by molar-refractivity contribution is 5.87. The number of aromatic hydroxyl groups is 1. The Hall–Kier alpha value is -2.28. The Morgan fingerprint density at radius 3 is 2.45 bits per heavy atom. The zero-order valence-corrected chi connectivity index (χ0v) is 21.1. The fourth-order valence-electron chi connectivity index (χ4n) is 4.54. The molecule has 0 aromatic heterocycles. The molecule has 3 rings (SSSR count). The lowest BCUT2D eigenvalue weighted by Crippen LogP contribution is -2.57. The van der Waals surface area contributed by atoms with E-state index in [1.54, 1.807) is 12.1 Å². The van der Waals surface area contributed by atoms with Gasteiger partial charge in [0.1, 0.15) is 17.4 Å². The van der Waals surface area contributed by atoms with Crippen molar-refractivity contribution in [1.82, 2.24) is 15.1 Å². The molecule has 2 aliphatic rings. The van der Waals surface area contributed by atoms with Crippen molar-refractivity contribution in [1.29, 1.82) is 0 Å². The summed E-state index contributed by atoms with van der Waals surface area (Å²) in [5, 5.41) is 13.2. The minimum atomic E-state index is -0.664. The standard InChI is InChI=1S/C26H41N3O4/c1-17(2)22(16-28-11-9-18(3)10-12-28)27-24(31)23-14-19-7-8-21(30)13-20(19)15-29(23)25(32)33-26(4,5)6/h7-8,13,17-18,22-23,30H,9-12,14-16H2,1-6H3,(H,27,31)/t22-,23+/m0/s1. The molecule has 1 fully saturated rings. The molecule has 2 heterocycles. The van der Waals surface area contributed by atoms with E-state index in [-0.39, 0.29) is 30.2 Å². The van der Waals surface area contributed by atoms with Crippen LogP contribution in [-0.4, -0.2) is 64.2 Å². The maximum atomic E-state index is 13.5.